The summed E-state index contributed by atoms with van der Waals surface area (Å²) in [5, 5.41) is 12.0. The summed E-state index contributed by atoms with van der Waals surface area (Å²) in [4.78, 5) is 10.8. The summed E-state index contributed by atoms with van der Waals surface area (Å²) in [5.41, 5.74) is 2.27. The standard InChI is InChI=1S/C19H28BNO4/c1-18(2)19(3,4)25-20(24-18)16(13-21-5)12-15-8-6-7-14(11-15)9-10-17(22)23/h6-8,11-12,21H,9-10,13H2,1-5H3,(H,22,23). The van der Waals surface area contributed by atoms with Crippen LogP contribution < -0.4 is 5.32 Å². The van der Waals surface area contributed by atoms with E-state index in [4.69, 9.17) is 14.4 Å². The molecule has 0 amide bonds. The second-order valence-electron chi connectivity index (χ2n) is 7.48. The lowest BCUT2D eigenvalue weighted by Crippen LogP contribution is -2.41. The third-order valence-corrected chi connectivity index (χ3v) is 4.87. The molecule has 1 aromatic carbocycles. The van der Waals surface area contributed by atoms with Crippen molar-refractivity contribution in [1.82, 2.24) is 5.32 Å². The highest BCUT2D eigenvalue weighted by atomic mass is 16.7. The number of nitrogens with one attached hydrogen (secondary N) is 1. The van der Waals surface area contributed by atoms with Gasteiger partial charge in [0.15, 0.2) is 0 Å². The van der Waals surface area contributed by atoms with E-state index in [0.29, 0.717) is 13.0 Å². The maximum atomic E-state index is 10.8. The lowest BCUT2D eigenvalue weighted by Gasteiger charge is -2.32. The molecule has 1 heterocycles. The van der Waals surface area contributed by atoms with Gasteiger partial charge in [0.1, 0.15) is 0 Å². The quantitative estimate of drug-likeness (QED) is 0.744. The normalized spacial score (nSPS) is 19.2. The van der Waals surface area contributed by atoms with E-state index in [-0.39, 0.29) is 17.6 Å². The van der Waals surface area contributed by atoms with Crippen LogP contribution in [0.5, 0.6) is 0 Å². The summed E-state index contributed by atoms with van der Waals surface area (Å²) >= 11 is 0. The molecule has 1 saturated heterocycles. The Morgan fingerprint density at radius 1 is 1.24 bits per heavy atom. The smallest absolute Gasteiger partial charge is 0.481 e. The topological polar surface area (TPSA) is 67.8 Å². The monoisotopic (exact) mass is 345 g/mol. The van der Waals surface area contributed by atoms with E-state index in [1.807, 2.05) is 59.0 Å². The van der Waals surface area contributed by atoms with Crippen LogP contribution in [0.1, 0.15) is 45.2 Å². The number of carboxylic acids is 1. The predicted molar refractivity (Wildman–Crippen MR) is 100 cm³/mol. The highest BCUT2D eigenvalue weighted by Crippen LogP contribution is 2.38. The van der Waals surface area contributed by atoms with Gasteiger partial charge >= 0.3 is 13.1 Å². The van der Waals surface area contributed by atoms with Crippen LogP contribution in [-0.2, 0) is 20.5 Å². The molecule has 0 unspecified atom stereocenters. The summed E-state index contributed by atoms with van der Waals surface area (Å²) in [6, 6.07) is 7.92. The summed E-state index contributed by atoms with van der Waals surface area (Å²) in [7, 11) is 1.49. The van der Waals surface area contributed by atoms with Gasteiger partial charge in [-0.05, 0) is 57.8 Å². The summed E-state index contributed by atoms with van der Waals surface area (Å²) < 4.78 is 12.3. The Balaban J connectivity index is 2.23. The molecule has 0 radical (unpaired) electrons. The van der Waals surface area contributed by atoms with Gasteiger partial charge in [0.2, 0.25) is 0 Å². The minimum atomic E-state index is -0.783. The van der Waals surface area contributed by atoms with Gasteiger partial charge in [-0.15, -0.1) is 0 Å². The van der Waals surface area contributed by atoms with Gasteiger partial charge in [-0.3, -0.25) is 4.79 Å². The van der Waals surface area contributed by atoms with Gasteiger partial charge in [0, 0.05) is 13.0 Å². The molecule has 2 N–H and O–H groups in total. The molecule has 0 bridgehead atoms. The van der Waals surface area contributed by atoms with Crippen molar-refractivity contribution in [2.45, 2.75) is 51.7 Å². The number of rotatable bonds is 7. The molecule has 136 valence electrons. The Morgan fingerprint density at radius 3 is 2.44 bits per heavy atom. The molecule has 0 spiro atoms. The second kappa shape index (κ2) is 7.73. The van der Waals surface area contributed by atoms with E-state index >= 15 is 0 Å². The number of hydrogen-bond donors (Lipinski definition) is 2. The number of likely N-dealkylation sites (N-methyl/N-ethyl adjacent to an activating group) is 1. The molecule has 2 rings (SSSR count). The first-order valence-electron chi connectivity index (χ1n) is 8.66. The first-order valence-corrected chi connectivity index (χ1v) is 8.66. The lowest BCUT2D eigenvalue weighted by molar-refractivity contribution is -0.136. The zero-order valence-corrected chi connectivity index (χ0v) is 15.8. The third-order valence-electron chi connectivity index (χ3n) is 4.87. The maximum absolute atomic E-state index is 10.8. The molecular formula is C19H28BNO4. The fraction of sp³-hybridized carbons (Fsp3) is 0.526. The average Bonchev–Trinajstić information content (AvgIpc) is 2.73. The van der Waals surface area contributed by atoms with Gasteiger partial charge in [0.05, 0.1) is 11.2 Å². The van der Waals surface area contributed by atoms with Crippen LogP contribution in [0.3, 0.4) is 0 Å². The maximum Gasteiger partial charge on any atom is 0.491 e. The Labute approximate surface area is 150 Å². The Hall–Kier alpha value is -1.63. The van der Waals surface area contributed by atoms with Gasteiger partial charge in [-0.2, -0.15) is 0 Å². The van der Waals surface area contributed by atoms with Crippen molar-refractivity contribution in [3.8, 4) is 0 Å². The number of hydrogen-bond acceptors (Lipinski definition) is 4. The fourth-order valence-electron chi connectivity index (χ4n) is 2.70. The first-order chi connectivity index (χ1) is 11.6. The van der Waals surface area contributed by atoms with Crippen LogP contribution in [0.15, 0.2) is 29.7 Å². The molecule has 0 saturated carbocycles. The molecule has 5 nitrogen and oxygen atoms in total. The molecule has 25 heavy (non-hydrogen) atoms. The Morgan fingerprint density at radius 2 is 1.88 bits per heavy atom. The van der Waals surface area contributed by atoms with E-state index in [2.05, 4.69) is 11.4 Å². The number of carbonyl (C=O) groups is 1. The molecule has 6 heteroatoms. The second-order valence-corrected chi connectivity index (χ2v) is 7.48. The number of aryl methyl sites for hydroxylation is 1. The zero-order valence-electron chi connectivity index (χ0n) is 15.8. The third kappa shape index (κ3) is 4.94. The Kier molecular flexibility index (Phi) is 6.09. The molecule has 0 aliphatic carbocycles. The molecule has 1 fully saturated rings. The predicted octanol–water partition coefficient (Wildman–Crippen LogP) is 2.94. The van der Waals surface area contributed by atoms with Crippen molar-refractivity contribution in [2.24, 2.45) is 0 Å². The molecule has 1 aliphatic heterocycles. The average molecular weight is 345 g/mol. The van der Waals surface area contributed by atoms with E-state index in [1.165, 1.54) is 0 Å². The first kappa shape index (κ1) is 19.7. The molecule has 0 atom stereocenters. The molecular weight excluding hydrogens is 317 g/mol. The van der Waals surface area contributed by atoms with Crippen molar-refractivity contribution in [2.75, 3.05) is 13.6 Å². The van der Waals surface area contributed by atoms with Crippen molar-refractivity contribution in [1.29, 1.82) is 0 Å². The highest BCUT2D eigenvalue weighted by molar-refractivity contribution is 6.55. The molecule has 0 aromatic heterocycles. The van der Waals surface area contributed by atoms with E-state index in [1.54, 1.807) is 0 Å². The van der Waals surface area contributed by atoms with Crippen LogP contribution in [0.2, 0.25) is 0 Å². The van der Waals surface area contributed by atoms with Gasteiger partial charge < -0.3 is 19.7 Å². The lowest BCUT2D eigenvalue weighted by atomic mass is 9.77. The van der Waals surface area contributed by atoms with Gasteiger partial charge in [-0.25, -0.2) is 0 Å². The highest BCUT2D eigenvalue weighted by Gasteiger charge is 2.52. The summed E-state index contributed by atoms with van der Waals surface area (Å²) in [6.07, 6.45) is 2.71. The van der Waals surface area contributed by atoms with Crippen molar-refractivity contribution < 1.29 is 19.2 Å². The number of carboxylic acid groups (broad SMARTS) is 1. The van der Waals surface area contributed by atoms with Crippen LogP contribution in [-0.4, -0.2) is 43.0 Å². The minimum Gasteiger partial charge on any atom is -0.481 e. The van der Waals surface area contributed by atoms with Crippen LogP contribution in [0.4, 0.5) is 0 Å². The SMILES string of the molecule is CNCC(=Cc1cccc(CCC(=O)O)c1)B1OC(C)(C)C(C)(C)O1. The summed E-state index contributed by atoms with van der Waals surface area (Å²) in [5.74, 6) is -0.783. The zero-order chi connectivity index (χ0) is 18.7. The van der Waals surface area contributed by atoms with Crippen molar-refractivity contribution in [3.63, 3.8) is 0 Å². The van der Waals surface area contributed by atoms with Crippen LogP contribution in [0.25, 0.3) is 6.08 Å². The number of aliphatic carboxylic acids is 1. The molecule has 1 aromatic rings. The fourth-order valence-corrected chi connectivity index (χ4v) is 2.70. The summed E-state index contributed by atoms with van der Waals surface area (Å²) in [6.45, 7) is 8.80. The minimum absolute atomic E-state index is 0.133. The van der Waals surface area contributed by atoms with Gasteiger partial charge in [0.25, 0.3) is 0 Å². The molecule has 1 aliphatic rings. The van der Waals surface area contributed by atoms with Crippen LogP contribution >= 0.6 is 0 Å². The number of benzene rings is 1. The van der Waals surface area contributed by atoms with Crippen LogP contribution in [0, 0.1) is 0 Å². The van der Waals surface area contributed by atoms with E-state index in [9.17, 15) is 4.79 Å². The largest absolute Gasteiger partial charge is 0.491 e. The van der Waals surface area contributed by atoms with Gasteiger partial charge in [-0.1, -0.05) is 30.3 Å². The van der Waals surface area contributed by atoms with Crippen molar-refractivity contribution in [3.05, 3.63) is 40.9 Å². The Bertz CT molecular complexity index is 639. The van der Waals surface area contributed by atoms with Crippen molar-refractivity contribution >= 4 is 19.2 Å². The van der Waals surface area contributed by atoms with E-state index in [0.717, 1.165) is 16.6 Å². The van der Waals surface area contributed by atoms with E-state index < -0.39 is 13.1 Å².